The van der Waals surface area contributed by atoms with Crippen LogP contribution in [-0.4, -0.2) is 25.9 Å². The first-order valence-corrected chi connectivity index (χ1v) is 6.96. The molecule has 0 saturated carbocycles. The highest BCUT2D eigenvalue weighted by atomic mass is 31.2. The molecular formula is C12H32NO6P. The minimum absolute atomic E-state index is 0. The maximum atomic E-state index is 11.1. The van der Waals surface area contributed by atoms with E-state index in [2.05, 4.69) is 14.8 Å². The van der Waals surface area contributed by atoms with Gasteiger partial charge in [0.2, 0.25) is 0 Å². The second kappa shape index (κ2) is 14.9. The minimum Gasteiger partial charge on any atom is -0.756 e. The number of ether oxygens (including phenoxy) is 1. The van der Waals surface area contributed by atoms with Crippen molar-refractivity contribution in [2.75, 3.05) is 19.9 Å². The molecule has 0 radical (unpaired) electrons. The number of carbonyl (C=O) groups is 1. The van der Waals surface area contributed by atoms with Crippen LogP contribution in [0.15, 0.2) is 0 Å². The summed E-state index contributed by atoms with van der Waals surface area (Å²) in [5.74, 6) is -0.482. The molecule has 0 bridgehead atoms. The third-order valence-electron chi connectivity index (χ3n) is 2.06. The van der Waals surface area contributed by atoms with E-state index in [0.717, 1.165) is 0 Å². The summed E-state index contributed by atoms with van der Waals surface area (Å²) in [4.78, 5) is 22.0. The summed E-state index contributed by atoms with van der Waals surface area (Å²) in [6.07, 6.45) is 0.934. The van der Waals surface area contributed by atoms with Crippen LogP contribution in [0.3, 0.4) is 0 Å². The van der Waals surface area contributed by atoms with Gasteiger partial charge in [-0.3, -0.25) is 13.9 Å². The molecule has 2 unspecified atom stereocenters. The van der Waals surface area contributed by atoms with Gasteiger partial charge in [-0.25, -0.2) is 0 Å². The van der Waals surface area contributed by atoms with Crippen LogP contribution in [0.4, 0.5) is 0 Å². The highest BCUT2D eigenvalue weighted by Crippen LogP contribution is 2.37. The molecule has 0 aromatic heterocycles. The molecular weight excluding hydrogens is 285 g/mol. The van der Waals surface area contributed by atoms with Crippen molar-refractivity contribution in [2.45, 2.75) is 49.0 Å². The van der Waals surface area contributed by atoms with Gasteiger partial charge < -0.3 is 19.9 Å². The Bertz CT molecular complexity index is 275. The lowest BCUT2D eigenvalue weighted by molar-refractivity contribution is -0.422. The Balaban J connectivity index is -0.000000427. The summed E-state index contributed by atoms with van der Waals surface area (Å²) < 4.78 is 25.0. The van der Waals surface area contributed by atoms with E-state index in [4.69, 9.17) is 4.74 Å². The standard InChI is InChI=1S/C9H20NO6P.3CH4/c1-3-8(5-14-9(11)4-2)6-15-17(12,13)16-7-10;;;/h8H,3-7,10H2,1-2H3,(H,12,13);3*1H4. The lowest BCUT2D eigenvalue weighted by atomic mass is 10.1. The molecule has 0 amide bonds. The zero-order valence-corrected chi connectivity index (χ0v) is 11.1. The number of phosphoric ester groups is 1. The van der Waals surface area contributed by atoms with Gasteiger partial charge in [0.15, 0.2) is 6.73 Å². The highest BCUT2D eigenvalue weighted by Gasteiger charge is 2.15. The maximum Gasteiger partial charge on any atom is 0.305 e. The van der Waals surface area contributed by atoms with Gasteiger partial charge in [0.1, 0.15) is 0 Å². The van der Waals surface area contributed by atoms with Gasteiger partial charge >= 0.3 is 5.97 Å². The van der Waals surface area contributed by atoms with Crippen LogP contribution < -0.4 is 10.6 Å². The van der Waals surface area contributed by atoms with Crippen molar-refractivity contribution in [1.29, 1.82) is 0 Å². The fourth-order valence-electron chi connectivity index (χ4n) is 0.942. The molecule has 0 rings (SSSR count). The van der Waals surface area contributed by atoms with Crippen molar-refractivity contribution < 1.29 is 33.8 Å². The van der Waals surface area contributed by atoms with Crippen molar-refractivity contribution in [3.05, 3.63) is 0 Å². The molecule has 0 aliphatic rings. The van der Waals surface area contributed by atoms with Crippen LogP contribution in [0.2, 0.25) is 0 Å². The molecule has 3 N–H and O–H groups in total. The Morgan fingerprint density at radius 1 is 1.20 bits per heavy atom. The Kier molecular flexibility index (Phi) is 20.8. The maximum absolute atomic E-state index is 11.1. The summed E-state index contributed by atoms with van der Waals surface area (Å²) in [6, 6.07) is 0. The van der Waals surface area contributed by atoms with E-state index in [9.17, 15) is 14.3 Å². The molecule has 0 aliphatic heterocycles. The molecule has 0 aliphatic carbocycles. The molecule has 20 heavy (non-hydrogen) atoms. The van der Waals surface area contributed by atoms with Gasteiger partial charge in [-0.1, -0.05) is 36.1 Å². The fourth-order valence-corrected chi connectivity index (χ4v) is 1.63. The van der Waals surface area contributed by atoms with E-state index in [0.29, 0.717) is 12.8 Å². The van der Waals surface area contributed by atoms with Crippen molar-refractivity contribution >= 4 is 13.8 Å². The Labute approximate surface area is 123 Å². The first-order chi connectivity index (χ1) is 7.95. The van der Waals surface area contributed by atoms with E-state index >= 15 is 0 Å². The zero-order chi connectivity index (χ0) is 13.3. The van der Waals surface area contributed by atoms with Crippen LogP contribution >= 0.6 is 7.82 Å². The topological polar surface area (TPSA) is 113 Å². The summed E-state index contributed by atoms with van der Waals surface area (Å²) in [7, 11) is -4.27. The molecule has 0 spiro atoms. The first kappa shape index (κ1) is 27.8. The third-order valence-corrected chi connectivity index (χ3v) is 3.03. The minimum atomic E-state index is -4.27. The van der Waals surface area contributed by atoms with Gasteiger partial charge in [-0.15, -0.1) is 0 Å². The van der Waals surface area contributed by atoms with Crippen LogP contribution in [0.25, 0.3) is 0 Å². The van der Waals surface area contributed by atoms with E-state index in [1.807, 2.05) is 6.92 Å². The average Bonchev–Trinajstić information content (AvgIpc) is 2.28. The quantitative estimate of drug-likeness (QED) is 0.392. The average molecular weight is 317 g/mol. The molecule has 0 saturated heterocycles. The number of carbonyl (C=O) groups excluding carboxylic acids is 1. The van der Waals surface area contributed by atoms with Crippen LogP contribution in [0.5, 0.6) is 0 Å². The van der Waals surface area contributed by atoms with Crippen molar-refractivity contribution in [2.24, 2.45) is 5.92 Å². The lowest BCUT2D eigenvalue weighted by Gasteiger charge is -2.23. The summed E-state index contributed by atoms with van der Waals surface area (Å²) in [5.41, 5.74) is 3.24. The predicted molar refractivity (Wildman–Crippen MR) is 77.6 cm³/mol. The summed E-state index contributed by atoms with van der Waals surface area (Å²) in [5, 5.41) is 0. The van der Waals surface area contributed by atoms with Crippen LogP contribution in [0, 0.1) is 5.92 Å². The third kappa shape index (κ3) is 14.0. The second-order valence-corrected chi connectivity index (χ2v) is 4.80. The summed E-state index contributed by atoms with van der Waals surface area (Å²) >= 11 is 0. The fraction of sp³-hybridized carbons (Fsp3) is 0.917. The molecule has 126 valence electrons. The predicted octanol–water partition coefficient (Wildman–Crippen LogP) is 1.58. The van der Waals surface area contributed by atoms with Crippen molar-refractivity contribution in [1.82, 2.24) is 0 Å². The second-order valence-electron chi connectivity index (χ2n) is 3.39. The highest BCUT2D eigenvalue weighted by molar-refractivity contribution is 7.45. The van der Waals surface area contributed by atoms with E-state index in [1.165, 1.54) is 0 Å². The first-order valence-electron chi connectivity index (χ1n) is 5.50. The van der Waals surface area contributed by atoms with Gasteiger partial charge in [-0.05, 0) is 6.42 Å². The summed E-state index contributed by atoms with van der Waals surface area (Å²) in [6.45, 7) is 3.42. The Morgan fingerprint density at radius 3 is 2.15 bits per heavy atom. The number of phosphoric acid groups is 1. The van der Waals surface area contributed by atoms with Crippen molar-refractivity contribution in [3.63, 3.8) is 0 Å². The van der Waals surface area contributed by atoms with Crippen LogP contribution in [0.1, 0.15) is 49.0 Å². The van der Waals surface area contributed by atoms with E-state index in [-0.39, 0.29) is 54.1 Å². The number of quaternary nitrogens is 1. The monoisotopic (exact) mass is 317 g/mol. The van der Waals surface area contributed by atoms with Crippen molar-refractivity contribution in [3.8, 4) is 0 Å². The van der Waals surface area contributed by atoms with Crippen LogP contribution in [-0.2, 0) is 23.1 Å². The van der Waals surface area contributed by atoms with E-state index in [1.54, 1.807) is 6.92 Å². The Morgan fingerprint density at radius 2 is 1.75 bits per heavy atom. The van der Waals surface area contributed by atoms with Gasteiger partial charge in [0.25, 0.3) is 7.82 Å². The van der Waals surface area contributed by atoms with Gasteiger partial charge in [-0.2, -0.15) is 0 Å². The Hall–Kier alpha value is -0.460. The molecule has 0 aromatic rings. The normalized spacial score (nSPS) is 13.8. The molecule has 0 heterocycles. The number of hydrogen-bond acceptors (Lipinski definition) is 6. The molecule has 7 nitrogen and oxygen atoms in total. The molecule has 2 atom stereocenters. The molecule has 0 aromatic carbocycles. The zero-order valence-electron chi connectivity index (χ0n) is 10.2. The van der Waals surface area contributed by atoms with Gasteiger partial charge in [0.05, 0.1) is 13.2 Å². The molecule has 0 fully saturated rings. The SMILES string of the molecule is C.C.C.CCC(=O)OCC(CC)COP(=O)([O-])OC[NH3+]. The number of esters is 1. The smallest absolute Gasteiger partial charge is 0.305 e. The lowest BCUT2D eigenvalue weighted by Crippen LogP contribution is -2.51. The number of rotatable bonds is 9. The number of hydrogen-bond donors (Lipinski definition) is 1. The largest absolute Gasteiger partial charge is 0.756 e. The van der Waals surface area contributed by atoms with Gasteiger partial charge in [0, 0.05) is 12.3 Å². The van der Waals surface area contributed by atoms with E-state index < -0.39 is 7.82 Å². The molecule has 8 heteroatoms.